The SMILES string of the molecule is CNc1nc(C)c(C(=O)N2CCC(Cc3nn(C)cc3C(=O)NC3CCCC3)CC2)s1. The molecule has 1 saturated heterocycles. The maximum Gasteiger partial charge on any atom is 0.265 e. The molecule has 2 aliphatic rings. The summed E-state index contributed by atoms with van der Waals surface area (Å²) in [5.41, 5.74) is 2.36. The average Bonchev–Trinajstić information content (AvgIpc) is 3.48. The topological polar surface area (TPSA) is 92.2 Å². The van der Waals surface area contributed by atoms with Gasteiger partial charge in [0, 0.05) is 39.4 Å². The number of piperidine rings is 1. The number of likely N-dealkylation sites (tertiary alicyclic amines) is 1. The largest absolute Gasteiger partial charge is 0.365 e. The van der Waals surface area contributed by atoms with Gasteiger partial charge in [-0.2, -0.15) is 5.10 Å². The molecule has 2 fully saturated rings. The van der Waals surface area contributed by atoms with Crippen LogP contribution in [0.3, 0.4) is 0 Å². The first kappa shape index (κ1) is 21.8. The molecule has 31 heavy (non-hydrogen) atoms. The number of aryl methyl sites for hydroxylation is 2. The molecule has 1 aliphatic carbocycles. The van der Waals surface area contributed by atoms with Crippen LogP contribution in [-0.2, 0) is 13.5 Å². The summed E-state index contributed by atoms with van der Waals surface area (Å²) in [5, 5.41) is 11.6. The number of nitrogens with one attached hydrogen (secondary N) is 2. The number of rotatable bonds is 6. The smallest absolute Gasteiger partial charge is 0.265 e. The molecule has 0 atom stereocenters. The summed E-state index contributed by atoms with van der Waals surface area (Å²) in [4.78, 5) is 32.8. The molecule has 0 bridgehead atoms. The first-order chi connectivity index (χ1) is 14.9. The lowest BCUT2D eigenvalue weighted by molar-refractivity contribution is 0.0694. The molecule has 1 aliphatic heterocycles. The lowest BCUT2D eigenvalue weighted by Gasteiger charge is -2.31. The van der Waals surface area contributed by atoms with Gasteiger partial charge < -0.3 is 15.5 Å². The summed E-state index contributed by atoms with van der Waals surface area (Å²) in [6.45, 7) is 3.34. The quantitative estimate of drug-likeness (QED) is 0.715. The Morgan fingerprint density at radius 2 is 1.90 bits per heavy atom. The molecule has 0 radical (unpaired) electrons. The van der Waals surface area contributed by atoms with Crippen molar-refractivity contribution in [3.63, 3.8) is 0 Å². The van der Waals surface area contributed by atoms with Gasteiger partial charge in [0.15, 0.2) is 5.13 Å². The first-order valence-electron chi connectivity index (χ1n) is 11.2. The number of hydrogen-bond donors (Lipinski definition) is 2. The molecule has 0 aromatic carbocycles. The van der Waals surface area contributed by atoms with Gasteiger partial charge in [-0.3, -0.25) is 14.3 Å². The number of hydrogen-bond acceptors (Lipinski definition) is 6. The molecule has 0 spiro atoms. The number of carbonyl (C=O) groups is 2. The van der Waals surface area contributed by atoms with Gasteiger partial charge in [-0.15, -0.1) is 0 Å². The molecule has 2 aromatic rings. The van der Waals surface area contributed by atoms with E-state index in [1.165, 1.54) is 24.2 Å². The second-order valence-corrected chi connectivity index (χ2v) is 9.74. The Hall–Kier alpha value is -2.42. The lowest BCUT2D eigenvalue weighted by atomic mass is 9.91. The minimum atomic E-state index is 0.00335. The zero-order valence-electron chi connectivity index (χ0n) is 18.6. The first-order valence-corrected chi connectivity index (χ1v) is 12.0. The summed E-state index contributed by atoms with van der Waals surface area (Å²) in [6.07, 6.45) is 8.99. The van der Waals surface area contributed by atoms with E-state index in [-0.39, 0.29) is 11.8 Å². The molecular formula is C22H32N6O2S. The van der Waals surface area contributed by atoms with E-state index in [2.05, 4.69) is 20.7 Å². The maximum absolute atomic E-state index is 12.9. The molecule has 8 nitrogen and oxygen atoms in total. The molecule has 2 N–H and O–H groups in total. The van der Waals surface area contributed by atoms with E-state index in [0.717, 1.165) is 66.6 Å². The van der Waals surface area contributed by atoms with Crippen molar-refractivity contribution in [1.82, 2.24) is 25.0 Å². The molecule has 9 heteroatoms. The van der Waals surface area contributed by atoms with Crippen LogP contribution < -0.4 is 10.6 Å². The van der Waals surface area contributed by atoms with Crippen molar-refractivity contribution in [3.8, 4) is 0 Å². The molecule has 0 unspecified atom stereocenters. The zero-order valence-corrected chi connectivity index (χ0v) is 19.4. The van der Waals surface area contributed by atoms with Crippen molar-refractivity contribution in [2.24, 2.45) is 13.0 Å². The van der Waals surface area contributed by atoms with Crippen LogP contribution in [0.2, 0.25) is 0 Å². The van der Waals surface area contributed by atoms with E-state index < -0.39 is 0 Å². The Bertz CT molecular complexity index is 938. The van der Waals surface area contributed by atoms with Crippen LogP contribution in [0.5, 0.6) is 0 Å². The summed E-state index contributed by atoms with van der Waals surface area (Å²) in [7, 11) is 3.69. The van der Waals surface area contributed by atoms with Gasteiger partial charge in [-0.05, 0) is 44.9 Å². The van der Waals surface area contributed by atoms with Crippen LogP contribution >= 0.6 is 11.3 Å². The fraction of sp³-hybridized carbons (Fsp3) is 0.636. The van der Waals surface area contributed by atoms with E-state index in [9.17, 15) is 9.59 Å². The van der Waals surface area contributed by atoms with Gasteiger partial charge in [-0.1, -0.05) is 24.2 Å². The summed E-state index contributed by atoms with van der Waals surface area (Å²) in [6, 6.07) is 0.299. The highest BCUT2D eigenvalue weighted by molar-refractivity contribution is 7.17. The number of nitrogens with zero attached hydrogens (tertiary/aromatic N) is 4. The third-order valence-electron chi connectivity index (χ3n) is 6.43. The van der Waals surface area contributed by atoms with Gasteiger partial charge in [0.2, 0.25) is 0 Å². The fourth-order valence-electron chi connectivity index (χ4n) is 4.67. The predicted octanol–water partition coefficient (Wildman–Crippen LogP) is 2.99. The molecule has 1 saturated carbocycles. The number of carbonyl (C=O) groups excluding carboxylic acids is 2. The van der Waals surface area contributed by atoms with Crippen molar-refractivity contribution in [2.75, 3.05) is 25.5 Å². The number of thiazole rings is 1. The van der Waals surface area contributed by atoms with Crippen LogP contribution in [0.25, 0.3) is 0 Å². The van der Waals surface area contributed by atoms with Crippen molar-refractivity contribution in [2.45, 2.75) is 57.9 Å². The second-order valence-electron chi connectivity index (χ2n) is 8.74. The minimum absolute atomic E-state index is 0.00335. The van der Waals surface area contributed by atoms with Crippen LogP contribution in [0.4, 0.5) is 5.13 Å². The lowest BCUT2D eigenvalue weighted by Crippen LogP contribution is -2.39. The van der Waals surface area contributed by atoms with Crippen LogP contribution in [0.1, 0.15) is 69.9 Å². The molecular weight excluding hydrogens is 412 g/mol. The normalized spacial score (nSPS) is 17.8. The molecule has 168 valence electrons. The average molecular weight is 445 g/mol. The zero-order chi connectivity index (χ0) is 22.0. The fourth-order valence-corrected chi connectivity index (χ4v) is 5.55. The Kier molecular flexibility index (Phi) is 6.60. The minimum Gasteiger partial charge on any atom is -0.365 e. The van der Waals surface area contributed by atoms with Crippen molar-refractivity contribution in [1.29, 1.82) is 0 Å². The van der Waals surface area contributed by atoms with Crippen LogP contribution in [0, 0.1) is 12.8 Å². The Morgan fingerprint density at radius 3 is 2.55 bits per heavy atom. The molecule has 2 aromatic heterocycles. The molecule has 3 heterocycles. The summed E-state index contributed by atoms with van der Waals surface area (Å²) in [5.74, 6) is 0.500. The highest BCUT2D eigenvalue weighted by atomic mass is 32.1. The molecule has 4 rings (SSSR count). The summed E-state index contributed by atoms with van der Waals surface area (Å²) >= 11 is 1.41. The van der Waals surface area contributed by atoms with E-state index in [4.69, 9.17) is 0 Å². The predicted molar refractivity (Wildman–Crippen MR) is 122 cm³/mol. The van der Waals surface area contributed by atoms with E-state index in [1.54, 1.807) is 4.68 Å². The maximum atomic E-state index is 12.9. The van der Waals surface area contributed by atoms with Crippen LogP contribution in [0.15, 0.2) is 6.20 Å². The van der Waals surface area contributed by atoms with E-state index in [0.29, 0.717) is 17.5 Å². The van der Waals surface area contributed by atoms with Crippen LogP contribution in [-0.4, -0.2) is 57.7 Å². The van der Waals surface area contributed by atoms with Crippen molar-refractivity contribution < 1.29 is 9.59 Å². The van der Waals surface area contributed by atoms with E-state index >= 15 is 0 Å². The van der Waals surface area contributed by atoms with Crippen molar-refractivity contribution >= 4 is 28.3 Å². The number of amides is 2. The van der Waals surface area contributed by atoms with Gasteiger partial charge in [-0.25, -0.2) is 4.98 Å². The highest BCUT2D eigenvalue weighted by Crippen LogP contribution is 2.28. The number of aromatic nitrogens is 3. The van der Waals surface area contributed by atoms with Gasteiger partial charge in [0.05, 0.1) is 17.0 Å². The third-order valence-corrected chi connectivity index (χ3v) is 7.59. The van der Waals surface area contributed by atoms with E-state index in [1.807, 2.05) is 32.1 Å². The van der Waals surface area contributed by atoms with Crippen molar-refractivity contribution in [3.05, 3.63) is 28.0 Å². The monoisotopic (exact) mass is 444 g/mol. The van der Waals surface area contributed by atoms with Gasteiger partial charge in [0.1, 0.15) is 4.88 Å². The second kappa shape index (κ2) is 9.38. The highest BCUT2D eigenvalue weighted by Gasteiger charge is 2.28. The Balaban J connectivity index is 1.35. The Labute approximate surface area is 187 Å². The van der Waals surface area contributed by atoms with Gasteiger partial charge in [0.25, 0.3) is 11.8 Å². The molecule has 2 amide bonds. The third kappa shape index (κ3) is 4.92. The number of anilines is 1. The van der Waals surface area contributed by atoms with Gasteiger partial charge >= 0.3 is 0 Å². The Morgan fingerprint density at radius 1 is 1.19 bits per heavy atom. The standard InChI is InChI=1S/C22H32N6O2S/c1-14-19(31-22(23-2)24-14)21(30)28-10-8-15(9-11-28)12-18-17(13-27(3)26-18)20(29)25-16-6-4-5-7-16/h13,15-16H,4-12H2,1-3H3,(H,23,24)(H,25,29). The summed E-state index contributed by atoms with van der Waals surface area (Å²) < 4.78 is 1.74.